The number of nitrogens with zero attached hydrogens (tertiary/aromatic N) is 1. The molecule has 6 nitrogen and oxygen atoms in total. The zero-order valence-electron chi connectivity index (χ0n) is 19.0. The lowest BCUT2D eigenvalue weighted by atomic mass is 9.78. The van der Waals surface area contributed by atoms with Gasteiger partial charge in [-0.05, 0) is 49.0 Å². The zero-order chi connectivity index (χ0) is 22.9. The van der Waals surface area contributed by atoms with Crippen molar-refractivity contribution in [1.82, 2.24) is 4.57 Å². The molecule has 1 N–H and O–H groups in total. The summed E-state index contributed by atoms with van der Waals surface area (Å²) in [4.78, 5) is 25.2. The molecule has 0 radical (unpaired) electrons. The summed E-state index contributed by atoms with van der Waals surface area (Å²) in [6, 6.07) is 5.53. The SMILES string of the molecule is C/C=C(\C=N)c1cc2c(cc1OC)-c1cc(=O)c(C(=O)OCC)cn1C(C(C)(C)C)C2. The van der Waals surface area contributed by atoms with Crippen LogP contribution in [0.1, 0.15) is 62.1 Å². The van der Waals surface area contributed by atoms with Crippen molar-refractivity contribution in [1.29, 1.82) is 5.41 Å². The molecule has 1 unspecified atom stereocenters. The van der Waals surface area contributed by atoms with Gasteiger partial charge in [0.2, 0.25) is 0 Å². The fourth-order valence-corrected chi connectivity index (χ4v) is 4.16. The van der Waals surface area contributed by atoms with Gasteiger partial charge in [0, 0.05) is 35.6 Å². The van der Waals surface area contributed by atoms with Gasteiger partial charge in [0.25, 0.3) is 0 Å². The van der Waals surface area contributed by atoms with E-state index in [1.54, 1.807) is 20.2 Å². The van der Waals surface area contributed by atoms with E-state index in [4.69, 9.17) is 14.9 Å². The Labute approximate surface area is 183 Å². The Bertz CT molecular complexity index is 1120. The van der Waals surface area contributed by atoms with Gasteiger partial charge in [-0.25, -0.2) is 4.79 Å². The molecule has 0 amide bonds. The van der Waals surface area contributed by atoms with Gasteiger partial charge in [-0.1, -0.05) is 26.8 Å². The lowest BCUT2D eigenvalue weighted by Gasteiger charge is -2.39. The normalized spacial score (nSPS) is 15.7. The summed E-state index contributed by atoms with van der Waals surface area (Å²) in [5.41, 5.74) is 3.92. The van der Waals surface area contributed by atoms with Gasteiger partial charge in [-0.2, -0.15) is 0 Å². The number of aromatic nitrogens is 1. The highest BCUT2D eigenvalue weighted by molar-refractivity contribution is 6.09. The average Bonchev–Trinajstić information content (AvgIpc) is 2.72. The summed E-state index contributed by atoms with van der Waals surface area (Å²) in [7, 11) is 1.60. The van der Waals surface area contributed by atoms with Gasteiger partial charge in [-0.15, -0.1) is 0 Å². The molecular formula is C25H30N2O4. The van der Waals surface area contributed by atoms with E-state index in [0.717, 1.165) is 34.4 Å². The summed E-state index contributed by atoms with van der Waals surface area (Å²) in [6.07, 6.45) is 5.57. The van der Waals surface area contributed by atoms with E-state index < -0.39 is 5.97 Å². The van der Waals surface area contributed by atoms with Crippen molar-refractivity contribution in [2.75, 3.05) is 13.7 Å². The first-order chi connectivity index (χ1) is 14.7. The van der Waals surface area contributed by atoms with Crippen molar-refractivity contribution in [3.05, 3.63) is 57.4 Å². The Balaban J connectivity index is 2.32. The molecule has 0 fully saturated rings. The standard InChI is InChI=1S/C25H30N2O4/c1-7-15(13-26)18-9-16-10-23(25(3,4)5)27-14-19(24(29)31-8-2)21(28)12-20(27)17(16)11-22(18)30-6/h7,9,11-14,23,26H,8,10H2,1-6H3/b15-7+,26-13?. The number of hydrogen-bond donors (Lipinski definition) is 1. The third-order valence-corrected chi connectivity index (χ3v) is 5.80. The van der Waals surface area contributed by atoms with Crippen molar-refractivity contribution in [2.24, 2.45) is 5.41 Å². The Hall–Kier alpha value is -3.15. The molecule has 0 saturated carbocycles. The second-order valence-electron chi connectivity index (χ2n) is 8.75. The number of rotatable bonds is 5. The topological polar surface area (TPSA) is 81.4 Å². The van der Waals surface area contributed by atoms with Crippen molar-refractivity contribution in [3.63, 3.8) is 0 Å². The number of methoxy groups -OCH3 is 1. The minimum Gasteiger partial charge on any atom is -0.496 e. The molecule has 0 saturated heterocycles. The highest BCUT2D eigenvalue weighted by Crippen LogP contribution is 2.44. The predicted molar refractivity (Wildman–Crippen MR) is 123 cm³/mol. The number of nitrogens with one attached hydrogen (secondary N) is 1. The first-order valence-corrected chi connectivity index (χ1v) is 10.5. The van der Waals surface area contributed by atoms with Crippen LogP contribution in [0.3, 0.4) is 0 Å². The van der Waals surface area contributed by atoms with Gasteiger partial charge in [0.15, 0.2) is 5.43 Å². The van der Waals surface area contributed by atoms with E-state index in [1.165, 1.54) is 12.3 Å². The molecule has 2 heterocycles. The monoisotopic (exact) mass is 422 g/mol. The molecule has 1 atom stereocenters. The highest BCUT2D eigenvalue weighted by Gasteiger charge is 2.34. The summed E-state index contributed by atoms with van der Waals surface area (Å²) in [5.74, 6) is 0.0379. The molecule has 0 aliphatic carbocycles. The second kappa shape index (κ2) is 8.53. The van der Waals surface area contributed by atoms with Crippen LogP contribution >= 0.6 is 0 Å². The van der Waals surface area contributed by atoms with Crippen LogP contribution in [0.15, 0.2) is 35.3 Å². The molecule has 1 aromatic carbocycles. The number of ether oxygens (including phenoxy) is 2. The molecule has 1 aliphatic rings. The Morgan fingerprint density at radius 1 is 1.26 bits per heavy atom. The molecule has 2 aromatic rings. The number of pyridine rings is 1. The molecule has 0 bridgehead atoms. The van der Waals surface area contributed by atoms with Crippen LogP contribution in [-0.2, 0) is 11.2 Å². The quantitative estimate of drug-likeness (QED) is 0.549. The van der Waals surface area contributed by atoms with Crippen LogP contribution < -0.4 is 10.2 Å². The summed E-state index contributed by atoms with van der Waals surface area (Å²) >= 11 is 0. The summed E-state index contributed by atoms with van der Waals surface area (Å²) in [6.45, 7) is 10.3. The van der Waals surface area contributed by atoms with E-state index in [9.17, 15) is 9.59 Å². The molecule has 1 aromatic heterocycles. The number of allylic oxidation sites excluding steroid dienone is 2. The van der Waals surface area contributed by atoms with Gasteiger partial charge >= 0.3 is 5.97 Å². The molecular weight excluding hydrogens is 392 g/mol. The molecule has 1 aliphatic heterocycles. The lowest BCUT2D eigenvalue weighted by Crippen LogP contribution is -2.33. The van der Waals surface area contributed by atoms with Gasteiger partial charge in [0.05, 0.1) is 19.4 Å². The Kier molecular flexibility index (Phi) is 6.20. The second-order valence-corrected chi connectivity index (χ2v) is 8.75. The number of fused-ring (bicyclic) bond motifs is 3. The van der Waals surface area contributed by atoms with Crippen LogP contribution in [0.5, 0.6) is 5.75 Å². The molecule has 3 rings (SSSR count). The van der Waals surface area contributed by atoms with Crippen LogP contribution in [0.2, 0.25) is 0 Å². The van der Waals surface area contributed by atoms with Crippen LogP contribution in [0.4, 0.5) is 0 Å². The molecule has 0 spiro atoms. The zero-order valence-corrected chi connectivity index (χ0v) is 19.0. The van der Waals surface area contributed by atoms with Crippen molar-refractivity contribution in [3.8, 4) is 17.0 Å². The van der Waals surface area contributed by atoms with Gasteiger partial charge in [0.1, 0.15) is 11.3 Å². The molecule has 164 valence electrons. The lowest BCUT2D eigenvalue weighted by molar-refractivity contribution is 0.0523. The van der Waals surface area contributed by atoms with Gasteiger partial charge in [-0.3, -0.25) is 4.79 Å². The minimum absolute atomic E-state index is 0.0269. The largest absolute Gasteiger partial charge is 0.496 e. The predicted octanol–water partition coefficient (Wildman–Crippen LogP) is 4.90. The van der Waals surface area contributed by atoms with Gasteiger partial charge < -0.3 is 19.5 Å². The molecule has 6 heteroatoms. The van der Waals surface area contributed by atoms with E-state index in [0.29, 0.717) is 5.75 Å². The third-order valence-electron chi connectivity index (χ3n) is 5.80. The van der Waals surface area contributed by atoms with Crippen molar-refractivity contribution in [2.45, 2.75) is 47.1 Å². The number of carbonyl (C=O) groups excluding carboxylic acids is 1. The highest BCUT2D eigenvalue weighted by atomic mass is 16.5. The van der Waals surface area contributed by atoms with E-state index >= 15 is 0 Å². The number of esters is 1. The van der Waals surface area contributed by atoms with Crippen molar-refractivity contribution < 1.29 is 14.3 Å². The average molecular weight is 423 g/mol. The Morgan fingerprint density at radius 3 is 2.52 bits per heavy atom. The van der Waals surface area contributed by atoms with Crippen LogP contribution in [-0.4, -0.2) is 30.5 Å². The molecule has 31 heavy (non-hydrogen) atoms. The maximum absolute atomic E-state index is 12.8. The number of hydrogen-bond acceptors (Lipinski definition) is 5. The fraction of sp³-hybridized carbons (Fsp3) is 0.400. The number of carbonyl (C=O) groups is 1. The first-order valence-electron chi connectivity index (χ1n) is 10.5. The minimum atomic E-state index is -0.599. The maximum Gasteiger partial charge on any atom is 0.343 e. The maximum atomic E-state index is 12.8. The van der Waals surface area contributed by atoms with Crippen molar-refractivity contribution >= 4 is 17.8 Å². The number of benzene rings is 1. The fourth-order valence-electron chi connectivity index (χ4n) is 4.16. The van der Waals surface area contributed by atoms with E-state index in [-0.39, 0.29) is 29.1 Å². The van der Waals surface area contributed by atoms with Crippen LogP contribution in [0, 0.1) is 10.8 Å². The summed E-state index contributed by atoms with van der Waals surface area (Å²) < 4.78 is 12.7. The third kappa shape index (κ3) is 4.07. The van der Waals surface area contributed by atoms with E-state index in [2.05, 4.69) is 26.8 Å². The van der Waals surface area contributed by atoms with E-state index in [1.807, 2.05) is 23.6 Å². The smallest absolute Gasteiger partial charge is 0.343 e. The summed E-state index contributed by atoms with van der Waals surface area (Å²) in [5, 5.41) is 7.75. The first kappa shape index (κ1) is 22.5. The Morgan fingerprint density at radius 2 is 1.97 bits per heavy atom. The van der Waals surface area contributed by atoms with Crippen LogP contribution in [0.25, 0.3) is 16.8 Å².